The van der Waals surface area contributed by atoms with Crippen molar-refractivity contribution in [2.24, 2.45) is 0 Å². The molecule has 2 aromatic carbocycles. The van der Waals surface area contributed by atoms with Crippen LogP contribution in [0, 0.1) is 37.0 Å². The van der Waals surface area contributed by atoms with Crippen molar-refractivity contribution in [1.29, 1.82) is 0 Å². The van der Waals surface area contributed by atoms with Crippen molar-refractivity contribution >= 4 is 23.9 Å². The number of nitrogens with one attached hydrogen (secondary N) is 3. The summed E-state index contributed by atoms with van der Waals surface area (Å²) in [6, 6.07) is 14.5. The second-order valence-electron chi connectivity index (χ2n) is 14.6. The molecular formula is C48H63N3O15. The number of benzene rings is 2. The van der Waals surface area contributed by atoms with Crippen LogP contribution < -0.4 is 16.0 Å². The first-order chi connectivity index (χ1) is 32.2. The van der Waals surface area contributed by atoms with Crippen molar-refractivity contribution in [1.82, 2.24) is 16.0 Å². The summed E-state index contributed by atoms with van der Waals surface area (Å²) in [4.78, 5) is 49.4. The van der Waals surface area contributed by atoms with E-state index < -0.39 is 23.6 Å². The highest BCUT2D eigenvalue weighted by Crippen LogP contribution is 2.44. The Balaban J connectivity index is 1.10. The van der Waals surface area contributed by atoms with Crippen molar-refractivity contribution < 1.29 is 71.7 Å². The van der Waals surface area contributed by atoms with Gasteiger partial charge in [0.25, 0.3) is 0 Å². The first-order valence-electron chi connectivity index (χ1n) is 21.7. The standard InChI is InChI=1S/C48H63N3O15/c1-4-19-63-35-48(36-64-20-5-2,37-65-21-6-3)51-45(53)17-22-57-24-26-59-28-30-61-32-33-62-31-29-60-27-25-58-23-18-49-44(52)16-15-43(46(54)55)50-47(56)66-34-42-40-13-9-7-11-38(40)39-12-8-10-14-41(39)42/h1-3,7-14,42-43H,15-37H2,(H,49,52)(H,50,56)(H,51,53)(H,54,55)/t43-/m0/s1. The van der Waals surface area contributed by atoms with E-state index in [0.29, 0.717) is 59.5 Å². The largest absolute Gasteiger partial charge is 0.480 e. The monoisotopic (exact) mass is 921 g/mol. The second kappa shape index (κ2) is 33.9. The first-order valence-corrected chi connectivity index (χ1v) is 21.7. The topological polar surface area (TPSA) is 217 Å². The normalized spacial score (nSPS) is 12.2. The molecule has 66 heavy (non-hydrogen) atoms. The van der Waals surface area contributed by atoms with Gasteiger partial charge in [-0.15, -0.1) is 19.3 Å². The number of amides is 3. The predicted molar refractivity (Wildman–Crippen MR) is 241 cm³/mol. The van der Waals surface area contributed by atoms with Gasteiger partial charge in [-0.2, -0.15) is 0 Å². The maximum Gasteiger partial charge on any atom is 0.407 e. The molecule has 4 N–H and O–H groups in total. The zero-order valence-electron chi connectivity index (χ0n) is 37.4. The summed E-state index contributed by atoms with van der Waals surface area (Å²) in [6.45, 7) is 4.35. The minimum atomic E-state index is -1.29. The minimum Gasteiger partial charge on any atom is -0.480 e. The number of hydrogen-bond acceptors (Lipinski definition) is 14. The second-order valence-corrected chi connectivity index (χ2v) is 14.6. The minimum absolute atomic E-state index is 0.0290. The smallest absolute Gasteiger partial charge is 0.407 e. The van der Waals surface area contributed by atoms with Crippen molar-refractivity contribution in [3.63, 3.8) is 0 Å². The molecule has 1 aliphatic carbocycles. The van der Waals surface area contributed by atoms with Gasteiger partial charge >= 0.3 is 12.1 Å². The highest BCUT2D eigenvalue weighted by Gasteiger charge is 2.34. The third kappa shape index (κ3) is 22.1. The third-order valence-corrected chi connectivity index (χ3v) is 9.59. The fourth-order valence-electron chi connectivity index (χ4n) is 6.54. The molecule has 2 aromatic rings. The van der Waals surface area contributed by atoms with Crippen molar-refractivity contribution in [3.05, 3.63) is 59.7 Å². The lowest BCUT2D eigenvalue weighted by Crippen LogP contribution is -2.58. The molecule has 0 heterocycles. The Morgan fingerprint density at radius 2 is 1.03 bits per heavy atom. The van der Waals surface area contributed by atoms with Crippen molar-refractivity contribution in [2.75, 3.05) is 132 Å². The Morgan fingerprint density at radius 1 is 0.591 bits per heavy atom. The van der Waals surface area contributed by atoms with Crippen LogP contribution >= 0.6 is 0 Å². The molecule has 18 nitrogen and oxygen atoms in total. The van der Waals surface area contributed by atoms with E-state index in [2.05, 4.69) is 33.7 Å². The molecule has 3 rings (SSSR count). The van der Waals surface area contributed by atoms with Crippen LogP contribution in [-0.4, -0.2) is 173 Å². The van der Waals surface area contributed by atoms with Gasteiger partial charge in [0.1, 0.15) is 38.0 Å². The highest BCUT2D eigenvalue weighted by molar-refractivity contribution is 5.82. The lowest BCUT2D eigenvalue weighted by atomic mass is 9.98. The Bertz CT molecular complexity index is 1780. The number of hydrogen-bond donors (Lipinski definition) is 4. The average molecular weight is 922 g/mol. The number of terminal acetylenes is 3. The lowest BCUT2D eigenvalue weighted by molar-refractivity contribution is -0.139. The van der Waals surface area contributed by atoms with Gasteiger partial charge in [-0.25, -0.2) is 9.59 Å². The molecule has 1 aliphatic rings. The molecular weight excluding hydrogens is 859 g/mol. The van der Waals surface area contributed by atoms with E-state index >= 15 is 0 Å². The van der Waals surface area contributed by atoms with Crippen molar-refractivity contribution in [2.45, 2.75) is 36.8 Å². The van der Waals surface area contributed by atoms with Crippen molar-refractivity contribution in [3.8, 4) is 48.2 Å². The van der Waals surface area contributed by atoms with Crippen LogP contribution in [0.3, 0.4) is 0 Å². The van der Waals surface area contributed by atoms with Crippen LogP contribution in [0.4, 0.5) is 4.79 Å². The number of ether oxygens (including phenoxy) is 10. The molecule has 1 atom stereocenters. The number of carbonyl (C=O) groups is 4. The van der Waals surface area contributed by atoms with E-state index in [1.165, 1.54) is 0 Å². The molecule has 0 bridgehead atoms. The summed E-state index contributed by atoms with van der Waals surface area (Å²) in [7, 11) is 0. The molecule has 0 spiro atoms. The SMILES string of the molecule is C#CCOCC(COCC#C)(COCC#C)NC(=O)CCOCCOCCOCCOCCOCCOCCNC(=O)CC[C@H](NC(=O)OCC1c2ccccc2-c2ccccc21)C(=O)O. The fourth-order valence-corrected chi connectivity index (χ4v) is 6.54. The van der Waals surface area contributed by atoms with Gasteiger partial charge in [0.15, 0.2) is 0 Å². The van der Waals surface area contributed by atoms with Crippen LogP contribution in [0.2, 0.25) is 0 Å². The predicted octanol–water partition coefficient (Wildman–Crippen LogP) is 2.17. The van der Waals surface area contributed by atoms with Gasteiger partial charge < -0.3 is 68.4 Å². The summed E-state index contributed by atoms with van der Waals surface area (Å²) in [6.07, 6.45) is 14.8. The maximum atomic E-state index is 12.7. The van der Waals surface area contributed by atoms with E-state index in [1.54, 1.807) is 0 Å². The molecule has 0 radical (unpaired) electrons. The number of carboxylic acid groups (broad SMARTS) is 1. The summed E-state index contributed by atoms with van der Waals surface area (Å²) in [5, 5.41) is 17.6. The molecule has 0 saturated carbocycles. The van der Waals surface area contributed by atoms with Crippen LogP contribution in [0.5, 0.6) is 0 Å². The molecule has 18 heteroatoms. The van der Waals surface area contributed by atoms with Crippen LogP contribution in [-0.2, 0) is 61.8 Å². The van der Waals surface area contributed by atoms with Gasteiger partial charge in [0.05, 0.1) is 99.1 Å². The summed E-state index contributed by atoms with van der Waals surface area (Å²) < 4.78 is 54.9. The molecule has 0 aliphatic heterocycles. The zero-order chi connectivity index (χ0) is 47.5. The summed E-state index contributed by atoms with van der Waals surface area (Å²) in [5.41, 5.74) is 3.19. The van der Waals surface area contributed by atoms with Gasteiger partial charge in [0.2, 0.25) is 11.8 Å². The summed E-state index contributed by atoms with van der Waals surface area (Å²) in [5.74, 6) is 5.02. The molecule has 0 saturated heterocycles. The van der Waals surface area contributed by atoms with Crippen LogP contribution in [0.1, 0.15) is 36.3 Å². The zero-order valence-corrected chi connectivity index (χ0v) is 37.4. The quantitative estimate of drug-likeness (QED) is 0.0561. The highest BCUT2D eigenvalue weighted by atomic mass is 16.6. The number of rotatable bonds is 38. The van der Waals surface area contributed by atoms with Gasteiger partial charge in [0, 0.05) is 25.3 Å². The van der Waals surface area contributed by atoms with Crippen LogP contribution in [0.25, 0.3) is 11.1 Å². The van der Waals surface area contributed by atoms with E-state index in [0.717, 1.165) is 22.3 Å². The number of carbonyl (C=O) groups excluding carboxylic acids is 3. The number of aliphatic carboxylic acids is 1. The van der Waals surface area contributed by atoms with E-state index in [1.807, 2.05) is 48.5 Å². The first kappa shape index (κ1) is 54.8. The van der Waals surface area contributed by atoms with Gasteiger partial charge in [-0.3, -0.25) is 9.59 Å². The molecule has 0 unspecified atom stereocenters. The Labute approximate surface area is 387 Å². The Morgan fingerprint density at radius 3 is 1.48 bits per heavy atom. The number of carboxylic acids is 1. The number of alkyl carbamates (subject to hydrolysis) is 1. The van der Waals surface area contributed by atoms with E-state index in [9.17, 15) is 24.3 Å². The molecule has 0 aromatic heterocycles. The molecule has 0 fully saturated rings. The van der Waals surface area contributed by atoms with E-state index in [4.69, 9.17) is 66.6 Å². The summed E-state index contributed by atoms with van der Waals surface area (Å²) >= 11 is 0. The Hall–Kier alpha value is -5.56. The van der Waals surface area contributed by atoms with Crippen LogP contribution in [0.15, 0.2) is 48.5 Å². The van der Waals surface area contributed by atoms with E-state index in [-0.39, 0.29) is 110 Å². The third-order valence-electron chi connectivity index (χ3n) is 9.59. The molecule has 360 valence electrons. The van der Waals surface area contributed by atoms with Gasteiger partial charge in [-0.1, -0.05) is 66.3 Å². The molecule has 3 amide bonds. The Kier molecular flexibility index (Phi) is 28.1. The fraction of sp³-hybridized carbons (Fsp3) is 0.542. The maximum absolute atomic E-state index is 12.7. The number of fused-ring (bicyclic) bond motifs is 3. The lowest BCUT2D eigenvalue weighted by Gasteiger charge is -2.33. The van der Waals surface area contributed by atoms with Gasteiger partial charge in [-0.05, 0) is 28.7 Å². The average Bonchev–Trinajstić information content (AvgIpc) is 3.63.